The number of urea groups is 1. The van der Waals surface area contributed by atoms with Crippen LogP contribution in [-0.2, 0) is 11.2 Å². The highest BCUT2D eigenvalue weighted by molar-refractivity contribution is 5.74. The van der Waals surface area contributed by atoms with Crippen LogP contribution in [-0.4, -0.2) is 73.2 Å². The number of morpholine rings is 1. The van der Waals surface area contributed by atoms with E-state index in [-0.39, 0.29) is 6.03 Å². The third kappa shape index (κ3) is 2.95. The molecule has 124 valence electrons. The first-order valence-electron chi connectivity index (χ1n) is 8.76. The molecule has 2 aliphatic heterocycles. The Morgan fingerprint density at radius 2 is 1.65 bits per heavy atom. The Morgan fingerprint density at radius 3 is 2.43 bits per heavy atom. The lowest BCUT2D eigenvalue weighted by Gasteiger charge is -2.40. The zero-order valence-electron chi connectivity index (χ0n) is 13.6. The minimum atomic E-state index is 0.194. The van der Waals surface area contributed by atoms with Gasteiger partial charge in [-0.05, 0) is 24.0 Å². The normalized spacial score (nSPS) is 25.5. The summed E-state index contributed by atoms with van der Waals surface area (Å²) in [7, 11) is 0. The number of rotatable bonds is 1. The van der Waals surface area contributed by atoms with Crippen molar-refractivity contribution in [2.45, 2.75) is 18.9 Å². The molecule has 0 bridgehead atoms. The molecule has 5 heteroatoms. The molecule has 1 atom stereocenters. The number of aryl methyl sites for hydroxylation is 1. The maximum Gasteiger partial charge on any atom is 0.320 e. The first-order chi connectivity index (χ1) is 11.3. The minimum absolute atomic E-state index is 0.194. The average molecular weight is 315 g/mol. The minimum Gasteiger partial charge on any atom is -0.378 e. The molecule has 3 aliphatic rings. The van der Waals surface area contributed by atoms with E-state index in [4.69, 9.17) is 4.74 Å². The fourth-order valence-electron chi connectivity index (χ4n) is 4.09. The number of benzene rings is 1. The fraction of sp³-hybridized carbons (Fsp3) is 0.611. The third-order valence-electron chi connectivity index (χ3n) is 5.41. The molecule has 5 nitrogen and oxygen atoms in total. The number of carbonyl (C=O) groups excluding carboxylic acids is 1. The Balaban J connectivity index is 1.35. The molecule has 0 radical (unpaired) electrons. The molecule has 23 heavy (non-hydrogen) atoms. The number of amides is 2. The number of nitrogens with zero attached hydrogens (tertiary/aromatic N) is 3. The molecule has 0 aromatic heterocycles. The van der Waals surface area contributed by atoms with Gasteiger partial charge in [0.2, 0.25) is 0 Å². The molecule has 2 fully saturated rings. The van der Waals surface area contributed by atoms with Crippen LogP contribution in [0, 0.1) is 0 Å². The molecule has 1 unspecified atom stereocenters. The maximum atomic E-state index is 12.6. The monoisotopic (exact) mass is 315 g/mol. The first kappa shape index (κ1) is 15.0. The van der Waals surface area contributed by atoms with E-state index in [0.29, 0.717) is 19.3 Å². The largest absolute Gasteiger partial charge is 0.378 e. The van der Waals surface area contributed by atoms with Crippen molar-refractivity contribution in [3.8, 4) is 0 Å². The van der Waals surface area contributed by atoms with E-state index in [1.807, 2.05) is 9.80 Å². The fourth-order valence-corrected chi connectivity index (χ4v) is 4.09. The van der Waals surface area contributed by atoms with Gasteiger partial charge < -0.3 is 14.5 Å². The predicted molar refractivity (Wildman–Crippen MR) is 88.4 cm³/mol. The van der Waals surface area contributed by atoms with Gasteiger partial charge in [0.25, 0.3) is 0 Å². The van der Waals surface area contributed by atoms with Crippen molar-refractivity contribution in [2.24, 2.45) is 0 Å². The van der Waals surface area contributed by atoms with Crippen LogP contribution in [0.25, 0.3) is 0 Å². The molecule has 1 aliphatic carbocycles. The lowest BCUT2D eigenvalue weighted by atomic mass is 10.1. The quantitative estimate of drug-likeness (QED) is 0.792. The summed E-state index contributed by atoms with van der Waals surface area (Å²) in [6.07, 6.45) is 2.41. The van der Waals surface area contributed by atoms with E-state index in [1.54, 1.807) is 0 Å². The van der Waals surface area contributed by atoms with Gasteiger partial charge in [-0.25, -0.2) is 4.79 Å². The molecule has 1 aromatic rings. The molecular formula is C18H25N3O2. The zero-order valence-corrected chi connectivity index (χ0v) is 13.6. The summed E-state index contributed by atoms with van der Waals surface area (Å²) in [6.45, 7) is 6.45. The van der Waals surface area contributed by atoms with Crippen molar-refractivity contribution in [2.75, 3.05) is 52.5 Å². The molecular weight excluding hydrogens is 290 g/mol. The van der Waals surface area contributed by atoms with Gasteiger partial charge in [0.05, 0.1) is 13.2 Å². The van der Waals surface area contributed by atoms with Crippen LogP contribution in [0.3, 0.4) is 0 Å². The summed E-state index contributed by atoms with van der Waals surface area (Å²) in [5, 5.41) is 0. The van der Waals surface area contributed by atoms with E-state index in [1.165, 1.54) is 24.0 Å². The maximum absolute atomic E-state index is 12.6. The van der Waals surface area contributed by atoms with Crippen LogP contribution in [0.15, 0.2) is 24.3 Å². The van der Waals surface area contributed by atoms with Crippen molar-refractivity contribution in [1.29, 1.82) is 0 Å². The SMILES string of the molecule is O=C(N1CCOCC1)N1CCN(C2CCc3ccccc32)CC1. The van der Waals surface area contributed by atoms with Gasteiger partial charge in [-0.2, -0.15) is 0 Å². The topological polar surface area (TPSA) is 36.0 Å². The number of hydrogen-bond acceptors (Lipinski definition) is 3. The average Bonchev–Trinajstić information content (AvgIpc) is 3.06. The van der Waals surface area contributed by atoms with Crippen molar-refractivity contribution in [3.05, 3.63) is 35.4 Å². The van der Waals surface area contributed by atoms with Gasteiger partial charge >= 0.3 is 6.03 Å². The summed E-state index contributed by atoms with van der Waals surface area (Å²) < 4.78 is 5.33. The van der Waals surface area contributed by atoms with Crippen LogP contribution in [0.1, 0.15) is 23.6 Å². The van der Waals surface area contributed by atoms with Gasteiger partial charge in [0.15, 0.2) is 0 Å². The van der Waals surface area contributed by atoms with Crippen LogP contribution in [0.5, 0.6) is 0 Å². The smallest absolute Gasteiger partial charge is 0.320 e. The van der Waals surface area contributed by atoms with Crippen LogP contribution < -0.4 is 0 Å². The van der Waals surface area contributed by atoms with E-state index in [9.17, 15) is 4.79 Å². The number of fused-ring (bicyclic) bond motifs is 1. The molecule has 2 amide bonds. The molecule has 2 heterocycles. The van der Waals surface area contributed by atoms with E-state index in [0.717, 1.165) is 39.3 Å². The first-order valence-corrected chi connectivity index (χ1v) is 8.76. The summed E-state index contributed by atoms with van der Waals surface area (Å²) in [5.41, 5.74) is 3.00. The Kier molecular flexibility index (Phi) is 4.23. The van der Waals surface area contributed by atoms with E-state index < -0.39 is 0 Å². The second kappa shape index (κ2) is 6.49. The highest BCUT2D eigenvalue weighted by atomic mass is 16.5. The van der Waals surface area contributed by atoms with Gasteiger partial charge in [-0.3, -0.25) is 4.90 Å². The molecule has 0 saturated carbocycles. The van der Waals surface area contributed by atoms with Crippen LogP contribution >= 0.6 is 0 Å². The van der Waals surface area contributed by atoms with Crippen molar-refractivity contribution in [1.82, 2.24) is 14.7 Å². The van der Waals surface area contributed by atoms with Crippen LogP contribution in [0.4, 0.5) is 4.79 Å². The van der Waals surface area contributed by atoms with Crippen LogP contribution in [0.2, 0.25) is 0 Å². The standard InChI is InChI=1S/C18H25N3O2/c22-18(21-11-13-23-14-12-21)20-9-7-19(8-10-20)17-6-5-15-3-1-2-4-16(15)17/h1-4,17H,5-14H2. The second-order valence-corrected chi connectivity index (χ2v) is 6.66. The van der Waals surface area contributed by atoms with Gasteiger partial charge in [0.1, 0.15) is 0 Å². The second-order valence-electron chi connectivity index (χ2n) is 6.66. The van der Waals surface area contributed by atoms with Gasteiger partial charge in [-0.15, -0.1) is 0 Å². The Hall–Kier alpha value is -1.59. The van der Waals surface area contributed by atoms with Crippen molar-refractivity contribution >= 4 is 6.03 Å². The lowest BCUT2D eigenvalue weighted by molar-refractivity contribution is 0.0346. The van der Waals surface area contributed by atoms with Gasteiger partial charge in [-0.1, -0.05) is 24.3 Å². The Labute approximate surface area is 137 Å². The number of piperazine rings is 1. The van der Waals surface area contributed by atoms with E-state index in [2.05, 4.69) is 29.2 Å². The van der Waals surface area contributed by atoms with Crippen molar-refractivity contribution in [3.63, 3.8) is 0 Å². The number of ether oxygens (including phenoxy) is 1. The zero-order chi connectivity index (χ0) is 15.6. The summed E-state index contributed by atoms with van der Waals surface area (Å²) in [6, 6.07) is 9.56. The number of carbonyl (C=O) groups is 1. The lowest BCUT2D eigenvalue weighted by Crippen LogP contribution is -2.55. The van der Waals surface area contributed by atoms with Gasteiger partial charge in [0, 0.05) is 45.3 Å². The molecule has 0 N–H and O–H groups in total. The summed E-state index contributed by atoms with van der Waals surface area (Å²) in [4.78, 5) is 19.1. The van der Waals surface area contributed by atoms with E-state index >= 15 is 0 Å². The predicted octanol–water partition coefficient (Wildman–Crippen LogP) is 1.74. The highest BCUT2D eigenvalue weighted by Gasteiger charge is 2.32. The Bertz CT molecular complexity index is 563. The molecule has 2 saturated heterocycles. The molecule has 4 rings (SSSR count). The number of hydrogen-bond donors (Lipinski definition) is 0. The third-order valence-corrected chi connectivity index (χ3v) is 5.41. The molecule has 0 spiro atoms. The highest BCUT2D eigenvalue weighted by Crippen LogP contribution is 2.35. The summed E-state index contributed by atoms with van der Waals surface area (Å²) >= 11 is 0. The molecule has 1 aromatic carbocycles. The summed E-state index contributed by atoms with van der Waals surface area (Å²) in [5.74, 6) is 0. The Morgan fingerprint density at radius 1 is 0.957 bits per heavy atom. The van der Waals surface area contributed by atoms with Crippen molar-refractivity contribution < 1.29 is 9.53 Å².